The summed E-state index contributed by atoms with van der Waals surface area (Å²) in [5, 5.41) is 0. The van der Waals surface area contributed by atoms with Gasteiger partial charge in [-0.2, -0.15) is 0 Å². The van der Waals surface area contributed by atoms with E-state index in [1.165, 1.54) is 24.3 Å². The maximum atomic E-state index is 12.9. The lowest BCUT2D eigenvalue weighted by Crippen LogP contribution is -2.40. The van der Waals surface area contributed by atoms with Gasteiger partial charge in [0.15, 0.2) is 0 Å². The quantitative estimate of drug-likeness (QED) is 0.824. The van der Waals surface area contributed by atoms with Crippen LogP contribution >= 0.6 is 0 Å². The molecule has 3 rings (SSSR count). The van der Waals surface area contributed by atoms with Gasteiger partial charge in [0.2, 0.25) is 5.91 Å². The van der Waals surface area contributed by atoms with Crippen molar-refractivity contribution in [1.29, 1.82) is 0 Å². The molecule has 0 saturated carbocycles. The first-order valence-electron chi connectivity index (χ1n) is 8.51. The molecule has 0 atom stereocenters. The molecule has 0 bridgehead atoms. The third-order valence-electron chi connectivity index (χ3n) is 4.54. The van der Waals surface area contributed by atoms with Gasteiger partial charge in [-0.05, 0) is 60.7 Å². The summed E-state index contributed by atoms with van der Waals surface area (Å²) in [4.78, 5) is 14.2. The van der Waals surface area contributed by atoms with Gasteiger partial charge in [-0.25, -0.2) is 8.78 Å². The van der Waals surface area contributed by atoms with Crippen LogP contribution in [0.4, 0.5) is 8.78 Å². The van der Waals surface area contributed by atoms with Crippen LogP contribution in [0.5, 0.6) is 5.75 Å². The summed E-state index contributed by atoms with van der Waals surface area (Å²) in [6.45, 7) is 1.99. The lowest BCUT2D eigenvalue weighted by molar-refractivity contribution is -0.132. The molecule has 1 aliphatic rings. The maximum absolute atomic E-state index is 12.9. The molecule has 0 aliphatic carbocycles. The molecular weight excluding hydrogens is 324 g/mol. The monoisotopic (exact) mass is 345 g/mol. The van der Waals surface area contributed by atoms with E-state index in [4.69, 9.17) is 4.74 Å². The Balaban J connectivity index is 1.42. The van der Waals surface area contributed by atoms with Crippen LogP contribution in [0.3, 0.4) is 0 Å². The molecule has 5 heteroatoms. The number of carbonyl (C=O) groups is 1. The zero-order valence-electron chi connectivity index (χ0n) is 14.0. The molecule has 1 aliphatic heterocycles. The van der Waals surface area contributed by atoms with Crippen LogP contribution < -0.4 is 4.74 Å². The number of halogens is 2. The third kappa shape index (κ3) is 5.02. The van der Waals surface area contributed by atoms with Gasteiger partial charge >= 0.3 is 0 Å². The lowest BCUT2D eigenvalue weighted by atomic mass is 9.97. The molecule has 1 fully saturated rings. The van der Waals surface area contributed by atoms with Crippen LogP contribution in [-0.2, 0) is 11.2 Å². The van der Waals surface area contributed by atoms with E-state index in [1.807, 2.05) is 4.90 Å². The number of benzene rings is 2. The van der Waals surface area contributed by atoms with Crippen LogP contribution in [0.25, 0.3) is 0 Å². The summed E-state index contributed by atoms with van der Waals surface area (Å²) in [5.41, 5.74) is 0.827. The van der Waals surface area contributed by atoms with Crippen LogP contribution in [0.15, 0.2) is 48.5 Å². The molecule has 0 unspecified atom stereocenters. The largest absolute Gasteiger partial charge is 0.493 e. The number of hydrogen-bond acceptors (Lipinski definition) is 2. The smallest absolute Gasteiger partial charge is 0.226 e. The number of piperidine rings is 1. The molecule has 1 heterocycles. The second-order valence-electron chi connectivity index (χ2n) is 6.39. The first-order chi connectivity index (χ1) is 12.1. The van der Waals surface area contributed by atoms with Gasteiger partial charge in [0.25, 0.3) is 0 Å². The van der Waals surface area contributed by atoms with Crippen LogP contribution in [0.1, 0.15) is 18.4 Å². The summed E-state index contributed by atoms with van der Waals surface area (Å²) < 4.78 is 31.5. The normalized spacial score (nSPS) is 15.2. The Morgan fingerprint density at radius 1 is 0.960 bits per heavy atom. The van der Waals surface area contributed by atoms with Crippen LogP contribution in [0, 0.1) is 17.6 Å². The fraction of sp³-hybridized carbons (Fsp3) is 0.350. The first kappa shape index (κ1) is 17.4. The summed E-state index contributed by atoms with van der Waals surface area (Å²) in [6, 6.07) is 12.1. The van der Waals surface area contributed by atoms with Crippen molar-refractivity contribution in [2.24, 2.45) is 5.92 Å². The SMILES string of the molecule is O=C(Cc1ccc(F)cc1)N1CCC(COc2ccc(F)cc2)CC1. The average Bonchev–Trinajstić information content (AvgIpc) is 2.63. The van der Waals surface area contributed by atoms with E-state index < -0.39 is 0 Å². The minimum absolute atomic E-state index is 0.0736. The van der Waals surface area contributed by atoms with Crippen molar-refractivity contribution in [3.05, 3.63) is 65.7 Å². The maximum Gasteiger partial charge on any atom is 0.226 e. The lowest BCUT2D eigenvalue weighted by Gasteiger charge is -2.32. The highest BCUT2D eigenvalue weighted by molar-refractivity contribution is 5.78. The Hall–Kier alpha value is -2.43. The van der Waals surface area contributed by atoms with Gasteiger partial charge in [0.05, 0.1) is 13.0 Å². The number of amides is 1. The van der Waals surface area contributed by atoms with Crippen molar-refractivity contribution in [3.63, 3.8) is 0 Å². The van der Waals surface area contributed by atoms with Gasteiger partial charge in [0, 0.05) is 13.1 Å². The number of ether oxygens (including phenoxy) is 1. The van der Waals surface area contributed by atoms with E-state index >= 15 is 0 Å². The summed E-state index contributed by atoms with van der Waals surface area (Å²) in [6.07, 6.45) is 2.07. The van der Waals surface area contributed by atoms with Gasteiger partial charge in [-0.3, -0.25) is 4.79 Å². The molecular formula is C20H21F2NO2. The second kappa shape index (κ2) is 8.10. The van der Waals surface area contributed by atoms with Crippen LogP contribution in [-0.4, -0.2) is 30.5 Å². The topological polar surface area (TPSA) is 29.5 Å². The number of likely N-dealkylation sites (tertiary alicyclic amines) is 1. The van der Waals surface area contributed by atoms with E-state index in [1.54, 1.807) is 24.3 Å². The molecule has 25 heavy (non-hydrogen) atoms. The van der Waals surface area contributed by atoms with Crippen molar-refractivity contribution in [1.82, 2.24) is 4.90 Å². The Kier molecular flexibility index (Phi) is 5.64. The standard InChI is InChI=1S/C20H21F2NO2/c21-17-3-1-15(2-4-17)13-20(24)23-11-9-16(10-12-23)14-25-19-7-5-18(22)6-8-19/h1-8,16H,9-14H2. The highest BCUT2D eigenvalue weighted by atomic mass is 19.1. The van der Waals surface area contributed by atoms with Crippen LogP contribution in [0.2, 0.25) is 0 Å². The highest BCUT2D eigenvalue weighted by Gasteiger charge is 2.23. The fourth-order valence-corrected chi connectivity index (χ4v) is 2.98. The number of carbonyl (C=O) groups excluding carboxylic acids is 1. The van der Waals surface area contributed by atoms with Gasteiger partial charge in [-0.15, -0.1) is 0 Å². The van der Waals surface area contributed by atoms with Crippen molar-refractivity contribution in [3.8, 4) is 5.75 Å². The average molecular weight is 345 g/mol. The number of hydrogen-bond donors (Lipinski definition) is 0. The number of nitrogens with zero attached hydrogens (tertiary/aromatic N) is 1. The van der Waals surface area contributed by atoms with Crippen molar-refractivity contribution < 1.29 is 18.3 Å². The van der Waals surface area contributed by atoms with E-state index in [2.05, 4.69) is 0 Å². The Morgan fingerprint density at radius 2 is 1.52 bits per heavy atom. The van der Waals surface area contributed by atoms with Gasteiger partial charge < -0.3 is 9.64 Å². The minimum atomic E-state index is -0.293. The molecule has 0 N–H and O–H groups in total. The van der Waals surface area contributed by atoms with E-state index in [-0.39, 0.29) is 17.5 Å². The third-order valence-corrected chi connectivity index (χ3v) is 4.54. The molecule has 2 aromatic carbocycles. The molecule has 1 amide bonds. The zero-order chi connectivity index (χ0) is 17.6. The van der Waals surface area contributed by atoms with Gasteiger partial charge in [0.1, 0.15) is 17.4 Å². The molecule has 0 spiro atoms. The molecule has 0 aromatic heterocycles. The molecule has 0 radical (unpaired) electrons. The highest BCUT2D eigenvalue weighted by Crippen LogP contribution is 2.20. The zero-order valence-corrected chi connectivity index (χ0v) is 14.0. The second-order valence-corrected chi connectivity index (χ2v) is 6.39. The Morgan fingerprint density at radius 3 is 2.12 bits per heavy atom. The Labute approximate surface area is 146 Å². The van der Waals surface area contributed by atoms with E-state index in [0.29, 0.717) is 37.8 Å². The molecule has 1 saturated heterocycles. The summed E-state index contributed by atoms with van der Waals surface area (Å²) >= 11 is 0. The summed E-state index contributed by atoms with van der Waals surface area (Å²) in [7, 11) is 0. The molecule has 3 nitrogen and oxygen atoms in total. The minimum Gasteiger partial charge on any atom is -0.493 e. The summed E-state index contributed by atoms with van der Waals surface area (Å²) in [5.74, 6) is 0.555. The Bertz CT molecular complexity index is 693. The predicted octanol–water partition coefficient (Wildman–Crippen LogP) is 3.82. The van der Waals surface area contributed by atoms with Crippen molar-refractivity contribution in [2.45, 2.75) is 19.3 Å². The number of rotatable bonds is 5. The van der Waals surface area contributed by atoms with Crippen molar-refractivity contribution in [2.75, 3.05) is 19.7 Å². The predicted molar refractivity (Wildman–Crippen MR) is 91.3 cm³/mol. The molecule has 132 valence electrons. The van der Waals surface area contributed by atoms with E-state index in [0.717, 1.165) is 18.4 Å². The molecule has 2 aromatic rings. The van der Waals surface area contributed by atoms with Crippen molar-refractivity contribution >= 4 is 5.91 Å². The van der Waals surface area contributed by atoms with Gasteiger partial charge in [-0.1, -0.05) is 12.1 Å². The fourth-order valence-electron chi connectivity index (χ4n) is 2.98. The van der Waals surface area contributed by atoms with E-state index in [9.17, 15) is 13.6 Å². The first-order valence-corrected chi connectivity index (χ1v) is 8.51.